The standard InChI is InChI=1S/C13H14Cl2F3N/c14-8-9-2-1-3-11(15)12(9)19-6-4-10(5-7-19)13(16,17)18/h1-3,10H,4-8H2. The van der Waals surface area contributed by atoms with Gasteiger partial charge in [0.1, 0.15) is 0 Å². The molecule has 1 aromatic rings. The van der Waals surface area contributed by atoms with Gasteiger partial charge in [0.15, 0.2) is 0 Å². The number of anilines is 1. The molecule has 0 spiro atoms. The lowest BCUT2D eigenvalue weighted by atomic mass is 9.95. The molecule has 0 N–H and O–H groups in total. The Bertz CT molecular complexity index is 440. The molecule has 0 aromatic heterocycles. The van der Waals surface area contributed by atoms with E-state index in [0.29, 0.717) is 24.0 Å². The van der Waals surface area contributed by atoms with Crippen molar-refractivity contribution in [2.24, 2.45) is 5.92 Å². The van der Waals surface area contributed by atoms with Crippen LogP contribution in [0.4, 0.5) is 18.9 Å². The van der Waals surface area contributed by atoms with Crippen LogP contribution >= 0.6 is 23.2 Å². The molecule has 0 saturated carbocycles. The summed E-state index contributed by atoms with van der Waals surface area (Å²) in [6, 6.07) is 5.39. The predicted octanol–water partition coefficient (Wildman–Crippen LogP) is 4.86. The van der Waals surface area contributed by atoms with Crippen molar-refractivity contribution in [3.05, 3.63) is 28.8 Å². The van der Waals surface area contributed by atoms with Gasteiger partial charge >= 0.3 is 6.18 Å². The number of benzene rings is 1. The Hall–Kier alpha value is -0.610. The van der Waals surface area contributed by atoms with E-state index in [4.69, 9.17) is 23.2 Å². The van der Waals surface area contributed by atoms with Crippen LogP contribution in [-0.4, -0.2) is 19.3 Å². The third-order valence-electron chi connectivity index (χ3n) is 3.49. The van der Waals surface area contributed by atoms with Crippen LogP contribution in [0.2, 0.25) is 5.02 Å². The molecule has 0 bridgehead atoms. The van der Waals surface area contributed by atoms with Crippen LogP contribution in [0, 0.1) is 5.92 Å². The van der Waals surface area contributed by atoms with Gasteiger partial charge in [-0.05, 0) is 24.5 Å². The monoisotopic (exact) mass is 311 g/mol. The van der Waals surface area contributed by atoms with Crippen LogP contribution in [0.5, 0.6) is 0 Å². The molecule has 1 aliphatic rings. The van der Waals surface area contributed by atoms with Crippen molar-refractivity contribution in [2.75, 3.05) is 18.0 Å². The topological polar surface area (TPSA) is 3.24 Å². The maximum absolute atomic E-state index is 12.6. The molecule has 0 amide bonds. The van der Waals surface area contributed by atoms with Crippen LogP contribution < -0.4 is 4.90 Å². The molecule has 1 aliphatic heterocycles. The lowest BCUT2D eigenvalue weighted by Crippen LogP contribution is -2.39. The van der Waals surface area contributed by atoms with Crippen molar-refractivity contribution in [3.8, 4) is 0 Å². The Morgan fingerprint density at radius 1 is 1.21 bits per heavy atom. The van der Waals surface area contributed by atoms with Crippen LogP contribution in [0.1, 0.15) is 18.4 Å². The van der Waals surface area contributed by atoms with E-state index < -0.39 is 12.1 Å². The molecular weight excluding hydrogens is 298 g/mol. The van der Waals surface area contributed by atoms with Gasteiger partial charge in [0.05, 0.1) is 16.6 Å². The highest BCUT2D eigenvalue weighted by molar-refractivity contribution is 6.33. The Kier molecular flexibility index (Phi) is 4.51. The molecule has 0 unspecified atom stereocenters. The number of piperidine rings is 1. The van der Waals surface area contributed by atoms with E-state index in [1.165, 1.54) is 0 Å². The molecule has 2 rings (SSSR count). The minimum Gasteiger partial charge on any atom is -0.370 e. The van der Waals surface area contributed by atoms with Gasteiger partial charge in [-0.15, -0.1) is 11.6 Å². The Morgan fingerprint density at radius 3 is 2.37 bits per heavy atom. The van der Waals surface area contributed by atoms with Gasteiger partial charge < -0.3 is 4.90 Å². The van der Waals surface area contributed by atoms with E-state index in [2.05, 4.69) is 0 Å². The molecule has 19 heavy (non-hydrogen) atoms. The molecule has 6 heteroatoms. The van der Waals surface area contributed by atoms with Gasteiger partial charge in [-0.1, -0.05) is 23.7 Å². The van der Waals surface area contributed by atoms with Crippen molar-refractivity contribution in [2.45, 2.75) is 24.9 Å². The quantitative estimate of drug-likeness (QED) is 0.705. The Morgan fingerprint density at radius 2 is 1.84 bits per heavy atom. The van der Waals surface area contributed by atoms with Crippen molar-refractivity contribution in [1.29, 1.82) is 0 Å². The molecule has 0 atom stereocenters. The second-order valence-electron chi connectivity index (χ2n) is 4.68. The molecule has 1 fully saturated rings. The molecule has 1 aromatic carbocycles. The normalized spacial score (nSPS) is 17.8. The van der Waals surface area contributed by atoms with E-state index >= 15 is 0 Å². The van der Waals surface area contributed by atoms with Crippen molar-refractivity contribution < 1.29 is 13.2 Å². The highest BCUT2D eigenvalue weighted by atomic mass is 35.5. The number of rotatable bonds is 2. The second-order valence-corrected chi connectivity index (χ2v) is 5.36. The van der Waals surface area contributed by atoms with E-state index in [9.17, 15) is 13.2 Å². The summed E-state index contributed by atoms with van der Waals surface area (Å²) < 4.78 is 37.9. The summed E-state index contributed by atoms with van der Waals surface area (Å²) in [5.41, 5.74) is 1.64. The number of hydrogen-bond acceptors (Lipinski definition) is 1. The summed E-state index contributed by atoms with van der Waals surface area (Å²) in [5.74, 6) is -0.902. The van der Waals surface area contributed by atoms with Crippen LogP contribution in [0.3, 0.4) is 0 Å². The third kappa shape index (κ3) is 3.29. The zero-order valence-corrected chi connectivity index (χ0v) is 11.7. The Labute approximate surface area is 120 Å². The fraction of sp³-hybridized carbons (Fsp3) is 0.538. The summed E-state index contributed by atoms with van der Waals surface area (Å²) in [7, 11) is 0. The van der Waals surface area contributed by atoms with Crippen LogP contribution in [0.15, 0.2) is 18.2 Å². The first-order chi connectivity index (χ1) is 8.93. The number of para-hydroxylation sites is 1. The minimum atomic E-state index is -4.10. The number of alkyl halides is 4. The lowest BCUT2D eigenvalue weighted by molar-refractivity contribution is -0.179. The van der Waals surface area contributed by atoms with Gasteiger partial charge in [0.2, 0.25) is 0 Å². The molecule has 1 heterocycles. The van der Waals surface area contributed by atoms with Crippen molar-refractivity contribution in [3.63, 3.8) is 0 Å². The van der Waals surface area contributed by atoms with Gasteiger partial charge in [0.25, 0.3) is 0 Å². The number of halogens is 5. The lowest BCUT2D eigenvalue weighted by Gasteiger charge is -2.35. The first-order valence-corrected chi connectivity index (χ1v) is 6.99. The van der Waals surface area contributed by atoms with Crippen LogP contribution in [-0.2, 0) is 5.88 Å². The number of hydrogen-bond donors (Lipinski definition) is 0. The zero-order valence-electron chi connectivity index (χ0n) is 10.2. The molecular formula is C13H14Cl2F3N. The molecule has 106 valence electrons. The molecule has 1 nitrogen and oxygen atoms in total. The van der Waals surface area contributed by atoms with E-state index in [1.54, 1.807) is 12.1 Å². The largest absolute Gasteiger partial charge is 0.391 e. The highest BCUT2D eigenvalue weighted by Gasteiger charge is 2.41. The van der Waals surface area contributed by atoms with Crippen molar-refractivity contribution >= 4 is 28.9 Å². The molecule has 0 aliphatic carbocycles. The van der Waals surface area contributed by atoms with Gasteiger partial charge in [-0.25, -0.2) is 0 Å². The first kappa shape index (κ1) is 14.8. The summed E-state index contributed by atoms with van der Waals surface area (Å²) in [5, 5.41) is 0.545. The van der Waals surface area contributed by atoms with Gasteiger partial charge in [0, 0.05) is 19.0 Å². The average molecular weight is 312 g/mol. The second kappa shape index (κ2) is 5.80. The predicted molar refractivity (Wildman–Crippen MR) is 72.0 cm³/mol. The first-order valence-electron chi connectivity index (χ1n) is 6.08. The zero-order chi connectivity index (χ0) is 14.0. The Balaban J connectivity index is 2.14. The highest BCUT2D eigenvalue weighted by Crippen LogP contribution is 2.38. The van der Waals surface area contributed by atoms with E-state index in [0.717, 1.165) is 11.3 Å². The average Bonchev–Trinajstić information content (AvgIpc) is 2.37. The molecule has 0 radical (unpaired) electrons. The van der Waals surface area contributed by atoms with E-state index in [1.807, 2.05) is 11.0 Å². The van der Waals surface area contributed by atoms with E-state index in [-0.39, 0.29) is 12.8 Å². The summed E-state index contributed by atoms with van der Waals surface area (Å²) in [4.78, 5) is 1.91. The SMILES string of the molecule is FC(F)(F)C1CCN(c2c(Cl)cccc2CCl)CC1. The van der Waals surface area contributed by atoms with Crippen molar-refractivity contribution in [1.82, 2.24) is 0 Å². The van der Waals surface area contributed by atoms with Crippen LogP contribution in [0.25, 0.3) is 0 Å². The molecule has 1 saturated heterocycles. The maximum atomic E-state index is 12.6. The maximum Gasteiger partial charge on any atom is 0.391 e. The smallest absolute Gasteiger partial charge is 0.370 e. The summed E-state index contributed by atoms with van der Waals surface area (Å²) in [6.07, 6.45) is -3.88. The van der Waals surface area contributed by atoms with Gasteiger partial charge in [-0.3, -0.25) is 0 Å². The summed E-state index contributed by atoms with van der Waals surface area (Å²) in [6.45, 7) is 0.718. The fourth-order valence-corrected chi connectivity index (χ4v) is 2.98. The van der Waals surface area contributed by atoms with Gasteiger partial charge in [-0.2, -0.15) is 13.2 Å². The fourth-order valence-electron chi connectivity index (χ4n) is 2.45. The number of nitrogens with zero attached hydrogens (tertiary/aromatic N) is 1. The third-order valence-corrected chi connectivity index (χ3v) is 4.08. The summed E-state index contributed by atoms with van der Waals surface area (Å²) >= 11 is 12.0. The minimum absolute atomic E-state index is 0.108.